The number of allylic oxidation sites excluding steroid dienone is 1. The van der Waals surface area contributed by atoms with Crippen LogP contribution in [0.3, 0.4) is 0 Å². The molecule has 2 aromatic heterocycles. The fourth-order valence-electron chi connectivity index (χ4n) is 4.83. The van der Waals surface area contributed by atoms with Gasteiger partial charge in [0.2, 0.25) is 5.95 Å². The van der Waals surface area contributed by atoms with Crippen molar-refractivity contribution in [3.8, 4) is 0 Å². The van der Waals surface area contributed by atoms with Gasteiger partial charge in [-0.1, -0.05) is 96.1 Å². The molecule has 194 valence electrons. The normalized spacial score (nSPS) is 17.4. The molecule has 8 nitrogen and oxygen atoms in total. The molecule has 0 spiro atoms. The maximum absolute atomic E-state index is 12.1. The molecule has 0 aliphatic heterocycles. The number of ether oxygens (including phenoxy) is 1. The number of carbonyl (C=O) groups is 1. The molecular formula is C27H43N5O3. The lowest BCUT2D eigenvalue weighted by Gasteiger charge is -2.14. The monoisotopic (exact) mass is 485 g/mol. The van der Waals surface area contributed by atoms with Crippen LogP contribution in [0.25, 0.3) is 11.2 Å². The third-order valence-electron chi connectivity index (χ3n) is 6.90. The minimum atomic E-state index is -0.341. The average molecular weight is 486 g/mol. The van der Waals surface area contributed by atoms with Gasteiger partial charge in [0.25, 0.3) is 5.56 Å². The van der Waals surface area contributed by atoms with E-state index in [1.165, 1.54) is 70.6 Å². The number of imidazole rings is 1. The zero-order valence-corrected chi connectivity index (χ0v) is 21.3. The molecule has 0 aromatic carbocycles. The summed E-state index contributed by atoms with van der Waals surface area (Å²) in [6.07, 6.45) is 23.8. The number of nitrogens with zero attached hydrogens (tertiary/aromatic N) is 3. The standard InChI is InChI=1S/C27H43N5O3/c1-2-3-4-5-6-7-8-9-10-11-12-13-14-15-23(33)35-19-21-16-17-22(18-21)32-20-29-24-25(32)30-27(28)31-26(24)34/h16-17,20-22H,2-15,18-19H2,1H3,(H3,28,30,31,34)/t21-,22+/m0/s1. The molecule has 1 aliphatic carbocycles. The second kappa shape index (κ2) is 14.7. The number of hydrogen-bond acceptors (Lipinski definition) is 6. The van der Waals surface area contributed by atoms with Gasteiger partial charge in [-0.2, -0.15) is 4.98 Å². The van der Waals surface area contributed by atoms with Crippen molar-refractivity contribution >= 4 is 23.1 Å². The van der Waals surface area contributed by atoms with Crippen LogP contribution in [0.1, 0.15) is 109 Å². The molecule has 0 fully saturated rings. The van der Waals surface area contributed by atoms with Crippen molar-refractivity contribution in [2.24, 2.45) is 5.92 Å². The summed E-state index contributed by atoms with van der Waals surface area (Å²) in [5, 5.41) is 0. The van der Waals surface area contributed by atoms with E-state index in [0.717, 1.165) is 19.3 Å². The molecule has 0 bridgehead atoms. The summed E-state index contributed by atoms with van der Waals surface area (Å²) in [7, 11) is 0. The molecule has 3 N–H and O–H groups in total. The van der Waals surface area contributed by atoms with E-state index in [-0.39, 0.29) is 35.0 Å². The van der Waals surface area contributed by atoms with E-state index >= 15 is 0 Å². The average Bonchev–Trinajstić information content (AvgIpc) is 3.47. The lowest BCUT2D eigenvalue weighted by atomic mass is 10.0. The van der Waals surface area contributed by atoms with Crippen LogP contribution in [0.2, 0.25) is 0 Å². The number of fused-ring (bicyclic) bond motifs is 1. The summed E-state index contributed by atoms with van der Waals surface area (Å²) >= 11 is 0. The molecule has 3 rings (SSSR count). The van der Waals surface area contributed by atoms with Crippen LogP contribution < -0.4 is 11.3 Å². The molecule has 0 unspecified atom stereocenters. The van der Waals surface area contributed by atoms with Gasteiger partial charge in [-0.3, -0.25) is 14.6 Å². The number of aromatic nitrogens is 4. The Morgan fingerprint density at radius 2 is 1.66 bits per heavy atom. The number of anilines is 1. The molecule has 8 heteroatoms. The van der Waals surface area contributed by atoms with Crippen molar-refractivity contribution in [1.29, 1.82) is 0 Å². The second-order valence-corrected chi connectivity index (χ2v) is 9.90. The third-order valence-corrected chi connectivity index (χ3v) is 6.90. The predicted octanol–water partition coefficient (Wildman–Crippen LogP) is 5.84. The van der Waals surface area contributed by atoms with E-state index in [4.69, 9.17) is 10.5 Å². The van der Waals surface area contributed by atoms with Crippen LogP contribution in [0.4, 0.5) is 5.95 Å². The first-order chi connectivity index (χ1) is 17.1. The zero-order valence-electron chi connectivity index (χ0n) is 21.3. The summed E-state index contributed by atoms with van der Waals surface area (Å²) in [6.45, 7) is 2.64. The van der Waals surface area contributed by atoms with E-state index in [1.807, 2.05) is 10.6 Å². The van der Waals surface area contributed by atoms with Crippen LogP contribution in [0, 0.1) is 5.92 Å². The van der Waals surface area contributed by atoms with Crippen LogP contribution in [-0.4, -0.2) is 32.1 Å². The summed E-state index contributed by atoms with van der Waals surface area (Å²) in [5.41, 5.74) is 6.10. The van der Waals surface area contributed by atoms with Gasteiger partial charge in [0.15, 0.2) is 11.2 Å². The Bertz CT molecular complexity index is 996. The minimum absolute atomic E-state index is 0.0125. The number of hydrogen-bond donors (Lipinski definition) is 2. The molecule has 35 heavy (non-hydrogen) atoms. The Labute approximate surface area is 208 Å². The fraction of sp³-hybridized carbons (Fsp3) is 0.704. The molecule has 0 radical (unpaired) electrons. The number of esters is 1. The summed E-state index contributed by atoms with van der Waals surface area (Å²) in [5.74, 6) is 0.108. The summed E-state index contributed by atoms with van der Waals surface area (Å²) in [4.78, 5) is 35.0. The molecule has 2 heterocycles. The highest BCUT2D eigenvalue weighted by Gasteiger charge is 2.24. The van der Waals surface area contributed by atoms with Gasteiger partial charge in [0.1, 0.15) is 0 Å². The van der Waals surface area contributed by atoms with Gasteiger partial charge in [-0.05, 0) is 12.8 Å². The molecular weight excluding hydrogens is 442 g/mol. The second-order valence-electron chi connectivity index (χ2n) is 9.90. The van der Waals surface area contributed by atoms with Gasteiger partial charge < -0.3 is 15.0 Å². The number of rotatable bonds is 17. The minimum Gasteiger partial charge on any atom is -0.465 e. The van der Waals surface area contributed by atoms with E-state index in [9.17, 15) is 9.59 Å². The van der Waals surface area contributed by atoms with E-state index in [2.05, 4.69) is 28.0 Å². The van der Waals surface area contributed by atoms with Crippen molar-refractivity contribution in [2.45, 2.75) is 109 Å². The van der Waals surface area contributed by atoms with Crippen molar-refractivity contribution in [3.05, 3.63) is 28.8 Å². The Morgan fingerprint density at radius 3 is 2.31 bits per heavy atom. The topological polar surface area (TPSA) is 116 Å². The van der Waals surface area contributed by atoms with Crippen molar-refractivity contribution in [1.82, 2.24) is 19.5 Å². The van der Waals surface area contributed by atoms with Crippen molar-refractivity contribution in [3.63, 3.8) is 0 Å². The number of aromatic amines is 1. The molecule has 0 saturated heterocycles. The highest BCUT2D eigenvalue weighted by Crippen LogP contribution is 2.30. The summed E-state index contributed by atoms with van der Waals surface area (Å²) in [6, 6.07) is 0.0125. The number of unbranched alkanes of at least 4 members (excludes halogenated alkanes) is 12. The van der Waals surface area contributed by atoms with Gasteiger partial charge >= 0.3 is 5.97 Å². The fourth-order valence-corrected chi connectivity index (χ4v) is 4.83. The van der Waals surface area contributed by atoms with E-state index < -0.39 is 0 Å². The Hall–Kier alpha value is -2.64. The number of nitrogens with two attached hydrogens (primary N) is 1. The quantitative estimate of drug-likeness (QED) is 0.165. The highest BCUT2D eigenvalue weighted by atomic mass is 16.5. The number of H-pyrrole nitrogens is 1. The van der Waals surface area contributed by atoms with Crippen LogP contribution in [-0.2, 0) is 9.53 Å². The molecule has 1 aliphatic rings. The molecule has 0 amide bonds. The molecule has 2 aromatic rings. The maximum atomic E-state index is 12.1. The van der Waals surface area contributed by atoms with Crippen LogP contribution >= 0.6 is 0 Å². The zero-order chi connectivity index (χ0) is 24.9. The Morgan fingerprint density at radius 1 is 1.03 bits per heavy atom. The van der Waals surface area contributed by atoms with Crippen LogP contribution in [0.15, 0.2) is 23.3 Å². The summed E-state index contributed by atoms with van der Waals surface area (Å²) < 4.78 is 7.37. The largest absolute Gasteiger partial charge is 0.465 e. The Balaban J connectivity index is 1.21. The lowest BCUT2D eigenvalue weighted by molar-refractivity contribution is -0.144. The highest BCUT2D eigenvalue weighted by molar-refractivity contribution is 5.71. The predicted molar refractivity (Wildman–Crippen MR) is 140 cm³/mol. The first kappa shape index (κ1) is 27.0. The first-order valence-corrected chi connectivity index (χ1v) is 13.6. The smallest absolute Gasteiger partial charge is 0.305 e. The molecule has 2 atom stereocenters. The maximum Gasteiger partial charge on any atom is 0.305 e. The number of nitrogen functional groups attached to an aromatic ring is 1. The number of nitrogens with one attached hydrogen (secondary N) is 1. The SMILES string of the molecule is CCCCCCCCCCCCCCCC(=O)OC[C@H]1C=C[C@@H](n2cnc3c(=O)[nH]c(N)nc32)C1. The van der Waals surface area contributed by atoms with E-state index in [0.29, 0.717) is 18.7 Å². The van der Waals surface area contributed by atoms with Crippen molar-refractivity contribution < 1.29 is 9.53 Å². The first-order valence-electron chi connectivity index (χ1n) is 13.6. The Kier molecular flexibility index (Phi) is 11.3. The van der Waals surface area contributed by atoms with Gasteiger partial charge in [0, 0.05) is 12.3 Å². The van der Waals surface area contributed by atoms with Crippen LogP contribution in [0.5, 0.6) is 0 Å². The van der Waals surface area contributed by atoms with Gasteiger partial charge in [0.05, 0.1) is 19.0 Å². The van der Waals surface area contributed by atoms with Gasteiger partial charge in [-0.15, -0.1) is 0 Å². The third kappa shape index (κ3) is 8.82. The number of carbonyl (C=O) groups excluding carboxylic acids is 1. The van der Waals surface area contributed by atoms with Gasteiger partial charge in [-0.25, -0.2) is 4.98 Å². The van der Waals surface area contributed by atoms with E-state index in [1.54, 1.807) is 6.33 Å². The van der Waals surface area contributed by atoms with Crippen molar-refractivity contribution in [2.75, 3.05) is 12.3 Å². The lowest BCUT2D eigenvalue weighted by Crippen LogP contribution is -2.15. The molecule has 0 saturated carbocycles.